The van der Waals surface area contributed by atoms with Crippen LogP contribution in [0.25, 0.3) is 10.8 Å². The summed E-state index contributed by atoms with van der Waals surface area (Å²) in [5.74, 6) is -1.36. The molecule has 0 aromatic heterocycles. The number of rotatable bonds is 16. The Bertz CT molecular complexity index is 2300. The van der Waals surface area contributed by atoms with E-state index < -0.39 is 57.3 Å². The number of para-hydroxylation sites is 1. The van der Waals surface area contributed by atoms with Crippen molar-refractivity contribution in [2.45, 2.75) is 67.6 Å². The van der Waals surface area contributed by atoms with Crippen LogP contribution in [0.4, 0.5) is 11.4 Å². The first-order valence-corrected chi connectivity index (χ1v) is 20.6. The van der Waals surface area contributed by atoms with Crippen molar-refractivity contribution in [3.63, 3.8) is 0 Å². The predicted octanol–water partition coefficient (Wildman–Crippen LogP) is -1.81. The molecule has 19 heteroatoms. The van der Waals surface area contributed by atoms with Crippen molar-refractivity contribution >= 4 is 70.1 Å². The summed E-state index contributed by atoms with van der Waals surface area (Å²) in [7, 11) is -13.9. The van der Waals surface area contributed by atoms with Crippen LogP contribution in [0.3, 0.4) is 0 Å². The number of methoxy groups -OCH3 is 1. The van der Waals surface area contributed by atoms with E-state index in [1.54, 1.807) is 66.3 Å². The molecule has 0 spiro atoms. The third-order valence-electron chi connectivity index (χ3n) is 8.84. The Balaban J connectivity index is 0.00000504. The molecule has 0 saturated heterocycles. The third kappa shape index (κ3) is 11.9. The zero-order valence-electron chi connectivity index (χ0n) is 30.7. The average molecular weight is 821 g/mol. The van der Waals surface area contributed by atoms with Gasteiger partial charge in [-0.05, 0) is 61.6 Å². The van der Waals surface area contributed by atoms with Crippen molar-refractivity contribution in [1.29, 1.82) is 0 Å². The average Bonchev–Trinajstić information content (AvgIpc) is 3.29. The van der Waals surface area contributed by atoms with E-state index in [1.165, 1.54) is 31.1 Å². The molecule has 0 bridgehead atoms. The number of benzene rings is 3. The van der Waals surface area contributed by atoms with E-state index in [2.05, 4.69) is 0 Å². The summed E-state index contributed by atoms with van der Waals surface area (Å²) in [6.45, 7) is 3.18. The molecule has 0 saturated carbocycles. The van der Waals surface area contributed by atoms with E-state index in [4.69, 9.17) is 4.74 Å². The second-order valence-electron chi connectivity index (χ2n) is 12.4. The summed E-state index contributed by atoms with van der Waals surface area (Å²) in [6, 6.07) is 13.2. The Morgan fingerprint density at radius 2 is 1.52 bits per heavy atom. The van der Waals surface area contributed by atoms with Crippen LogP contribution < -0.4 is 64.0 Å². The van der Waals surface area contributed by atoms with Gasteiger partial charge in [0.1, 0.15) is 26.8 Å². The van der Waals surface area contributed by atoms with Crippen molar-refractivity contribution in [1.82, 2.24) is 0 Å². The van der Waals surface area contributed by atoms with Crippen molar-refractivity contribution in [3.05, 3.63) is 84.6 Å². The van der Waals surface area contributed by atoms with Crippen LogP contribution in [0.15, 0.2) is 88.8 Å². The summed E-state index contributed by atoms with van der Waals surface area (Å²) >= 11 is 0. The molecular formula is C35H38N2Na2O12S3. The Morgan fingerprint density at radius 3 is 2.09 bits per heavy atom. The number of esters is 1. The van der Waals surface area contributed by atoms with Crippen LogP contribution in [-0.4, -0.2) is 80.5 Å². The van der Waals surface area contributed by atoms with E-state index in [1.807, 2.05) is 0 Å². The first kappa shape index (κ1) is 47.9. The van der Waals surface area contributed by atoms with Crippen LogP contribution in [0.2, 0.25) is 0 Å². The van der Waals surface area contributed by atoms with Gasteiger partial charge in [0.15, 0.2) is 5.71 Å². The molecular weight excluding hydrogens is 783 g/mol. The molecule has 0 radical (unpaired) electrons. The van der Waals surface area contributed by atoms with Gasteiger partial charge in [0, 0.05) is 60.5 Å². The number of hydrogen-bond donors (Lipinski definition) is 0. The SMILES string of the molecule is COC(=O)CCCCCC1(C)C(/C=C/C=C/N(C(C)=O)c2ccccc2)=[N+](CCCS(=O)(=O)[O-])c2ccc3c(S(=O)(=O)[O-])cc(S(=O)(=O)[O-])cc3c21.[Na+].[Na+]. The number of carbonyl (C=O) groups excluding carboxylic acids is 2. The number of anilines is 1. The number of fused-ring (bicyclic) bond motifs is 3. The number of unbranched alkanes of at least 4 members (excludes halogenated alkanes) is 2. The van der Waals surface area contributed by atoms with Gasteiger partial charge in [-0.25, -0.2) is 25.3 Å². The largest absolute Gasteiger partial charge is 1.00 e. The van der Waals surface area contributed by atoms with Crippen LogP contribution >= 0.6 is 0 Å². The molecule has 4 rings (SSSR count). The zero-order chi connectivity index (χ0) is 38.5. The predicted molar refractivity (Wildman–Crippen MR) is 189 cm³/mol. The van der Waals surface area contributed by atoms with Gasteiger partial charge in [-0.1, -0.05) is 37.1 Å². The van der Waals surface area contributed by atoms with E-state index in [0.29, 0.717) is 54.4 Å². The molecule has 3 aromatic carbocycles. The van der Waals surface area contributed by atoms with Crippen LogP contribution in [-0.2, 0) is 50.1 Å². The maximum absolute atomic E-state index is 12.5. The Hall–Kier alpha value is -2.26. The fraction of sp³-hybridized carbons (Fsp3) is 0.343. The third-order valence-corrected chi connectivity index (χ3v) is 11.3. The van der Waals surface area contributed by atoms with Crippen molar-refractivity contribution in [2.24, 2.45) is 0 Å². The van der Waals surface area contributed by atoms with Crippen LogP contribution in [0, 0.1) is 0 Å². The summed E-state index contributed by atoms with van der Waals surface area (Å²) < 4.78 is 115. The number of allylic oxidation sites excluding steroid dienone is 3. The van der Waals surface area contributed by atoms with Crippen molar-refractivity contribution in [2.75, 3.05) is 24.3 Å². The van der Waals surface area contributed by atoms with Gasteiger partial charge in [0.05, 0.1) is 32.4 Å². The Kier molecular flexibility index (Phi) is 17.5. The minimum Gasteiger partial charge on any atom is -0.748 e. The molecule has 1 atom stereocenters. The molecule has 280 valence electrons. The van der Waals surface area contributed by atoms with Crippen molar-refractivity contribution < 1.29 is 117 Å². The fourth-order valence-electron chi connectivity index (χ4n) is 6.51. The van der Waals surface area contributed by atoms with Gasteiger partial charge in [0.25, 0.3) is 0 Å². The van der Waals surface area contributed by atoms with Crippen LogP contribution in [0.1, 0.15) is 57.9 Å². The standard InChI is InChI=1S/C35H40N2O12S3.2Na/c1-25(38)36(26-13-6-4-7-14-26)20-11-9-15-32-35(2,19-10-5-8-16-33(39)49-3)34-29-23-27(51(43,44)45)24-31(52(46,47)48)28(29)17-18-30(34)37(32)21-12-22-50(40,41)42;;/h4,6-7,9,11,13-15,17-18,20,23-24H,5,8,10,12,16,19,21-22H2,1-3H3,(H2-,40,41,42,43,44,45,46,47,48);;/q;2*+1/p-2. The van der Waals surface area contributed by atoms with Gasteiger partial charge in [-0.3, -0.25) is 14.5 Å². The second-order valence-corrected chi connectivity index (χ2v) is 16.7. The molecule has 0 N–H and O–H groups in total. The molecule has 0 fully saturated rings. The van der Waals surface area contributed by atoms with Gasteiger partial charge in [-0.2, -0.15) is 4.58 Å². The van der Waals surface area contributed by atoms with Gasteiger partial charge >= 0.3 is 65.1 Å². The Labute approximate surface area is 360 Å². The fourth-order valence-corrected chi connectivity index (χ4v) is 8.31. The van der Waals surface area contributed by atoms with Gasteiger partial charge in [-0.15, -0.1) is 0 Å². The first-order valence-electron chi connectivity index (χ1n) is 16.2. The van der Waals surface area contributed by atoms with E-state index in [-0.39, 0.29) is 95.2 Å². The van der Waals surface area contributed by atoms with Crippen molar-refractivity contribution in [3.8, 4) is 0 Å². The molecule has 54 heavy (non-hydrogen) atoms. The normalized spacial score (nSPS) is 16.0. The zero-order valence-corrected chi connectivity index (χ0v) is 37.1. The van der Waals surface area contributed by atoms with Gasteiger partial charge < -0.3 is 18.4 Å². The number of amides is 1. The van der Waals surface area contributed by atoms with Gasteiger partial charge in [0.2, 0.25) is 11.6 Å². The van der Waals surface area contributed by atoms with E-state index in [0.717, 1.165) is 6.07 Å². The minimum atomic E-state index is -5.29. The maximum Gasteiger partial charge on any atom is 1.00 e. The molecule has 14 nitrogen and oxygen atoms in total. The first-order chi connectivity index (χ1) is 24.3. The molecule has 1 aliphatic heterocycles. The molecule has 1 unspecified atom stereocenters. The smallest absolute Gasteiger partial charge is 0.748 e. The monoisotopic (exact) mass is 820 g/mol. The quantitative estimate of drug-likeness (QED) is 0.0390. The number of nitrogens with zero attached hydrogens (tertiary/aromatic N) is 2. The van der Waals surface area contributed by atoms with Crippen LogP contribution in [0.5, 0.6) is 0 Å². The van der Waals surface area contributed by atoms with E-state index >= 15 is 0 Å². The number of carbonyl (C=O) groups is 2. The molecule has 3 aromatic rings. The topological polar surface area (TPSA) is 221 Å². The maximum atomic E-state index is 12.5. The summed E-state index contributed by atoms with van der Waals surface area (Å²) in [6.07, 6.45) is 8.34. The van der Waals surface area contributed by atoms with E-state index in [9.17, 15) is 48.5 Å². The molecule has 1 aliphatic rings. The molecule has 0 aliphatic carbocycles. The second kappa shape index (κ2) is 19.7. The minimum absolute atomic E-state index is 0. The Morgan fingerprint density at radius 1 is 0.852 bits per heavy atom. The molecule has 1 heterocycles. The summed E-state index contributed by atoms with van der Waals surface area (Å²) in [4.78, 5) is 23.8. The molecule has 1 amide bonds. The summed E-state index contributed by atoms with van der Waals surface area (Å²) in [5.41, 5.74) is 0.817. The summed E-state index contributed by atoms with van der Waals surface area (Å²) in [5, 5.41) is -0.113. The number of hydrogen-bond acceptors (Lipinski definition) is 12. The number of ether oxygens (including phenoxy) is 1.